The molecule has 0 spiro atoms. The minimum Gasteiger partial charge on any atom is -0.477 e. The summed E-state index contributed by atoms with van der Waals surface area (Å²) in [5.41, 5.74) is 1.46. The first-order chi connectivity index (χ1) is 6.18. The number of carboxylic acids is 1. The Morgan fingerprint density at radius 2 is 2.23 bits per heavy atom. The minimum absolute atomic E-state index is 0.153. The van der Waals surface area contributed by atoms with Crippen LogP contribution in [0.5, 0.6) is 0 Å². The Balaban J connectivity index is 2.79. The second-order valence-corrected chi connectivity index (χ2v) is 2.71. The van der Waals surface area contributed by atoms with E-state index in [0.717, 1.165) is 5.69 Å². The lowest BCUT2D eigenvalue weighted by molar-refractivity contribution is 0.0689. The van der Waals surface area contributed by atoms with Crippen LogP contribution >= 0.6 is 0 Å². The molecule has 0 radical (unpaired) electrons. The van der Waals surface area contributed by atoms with Crippen LogP contribution in [0.1, 0.15) is 16.2 Å². The fourth-order valence-corrected chi connectivity index (χ4v) is 1.14. The number of carboxylic acid groups (broad SMARTS) is 1. The molecule has 0 amide bonds. The zero-order valence-electron chi connectivity index (χ0n) is 6.93. The van der Waals surface area contributed by atoms with E-state index in [9.17, 15) is 4.79 Å². The standard InChI is InChI=1S/C8H7N3O2/c1-5-4-11-6(8(12)13)2-10-7(11)3-9-5/h2-4H,1H3,(H,12,13). The van der Waals surface area contributed by atoms with E-state index in [1.165, 1.54) is 10.6 Å². The maximum Gasteiger partial charge on any atom is 0.354 e. The quantitative estimate of drug-likeness (QED) is 0.697. The largest absolute Gasteiger partial charge is 0.477 e. The van der Waals surface area contributed by atoms with Gasteiger partial charge in [-0.2, -0.15) is 0 Å². The molecule has 1 N–H and O–H groups in total. The number of rotatable bonds is 1. The fraction of sp³-hybridized carbons (Fsp3) is 0.125. The molecule has 2 aromatic rings. The van der Waals surface area contributed by atoms with Crippen LogP contribution in [0.4, 0.5) is 0 Å². The number of hydrogen-bond donors (Lipinski definition) is 1. The van der Waals surface area contributed by atoms with Gasteiger partial charge >= 0.3 is 5.97 Å². The molecule has 0 atom stereocenters. The van der Waals surface area contributed by atoms with Crippen LogP contribution in [0.2, 0.25) is 0 Å². The van der Waals surface area contributed by atoms with Crippen LogP contribution in [-0.2, 0) is 0 Å². The maximum atomic E-state index is 10.7. The summed E-state index contributed by atoms with van der Waals surface area (Å²) in [6.45, 7) is 1.80. The first-order valence-electron chi connectivity index (χ1n) is 3.71. The first kappa shape index (κ1) is 7.72. The Labute approximate surface area is 73.7 Å². The second-order valence-electron chi connectivity index (χ2n) is 2.71. The highest BCUT2D eigenvalue weighted by Gasteiger charge is 2.09. The van der Waals surface area contributed by atoms with Gasteiger partial charge in [-0.15, -0.1) is 0 Å². The van der Waals surface area contributed by atoms with Crippen molar-refractivity contribution >= 4 is 11.6 Å². The van der Waals surface area contributed by atoms with Crippen LogP contribution in [0.3, 0.4) is 0 Å². The van der Waals surface area contributed by atoms with Gasteiger partial charge in [-0.05, 0) is 6.92 Å². The number of nitrogens with zero attached hydrogens (tertiary/aromatic N) is 3. The molecule has 2 aromatic heterocycles. The van der Waals surface area contributed by atoms with E-state index in [-0.39, 0.29) is 5.69 Å². The van der Waals surface area contributed by atoms with Gasteiger partial charge in [0, 0.05) is 6.20 Å². The van der Waals surface area contributed by atoms with Gasteiger partial charge in [0.25, 0.3) is 0 Å². The van der Waals surface area contributed by atoms with Gasteiger partial charge in [-0.25, -0.2) is 9.78 Å². The summed E-state index contributed by atoms with van der Waals surface area (Å²) in [7, 11) is 0. The van der Waals surface area contributed by atoms with E-state index in [1.807, 2.05) is 0 Å². The molecule has 13 heavy (non-hydrogen) atoms. The molecule has 2 heterocycles. The smallest absolute Gasteiger partial charge is 0.354 e. The summed E-state index contributed by atoms with van der Waals surface area (Å²) >= 11 is 0. The van der Waals surface area contributed by atoms with Crippen molar-refractivity contribution in [1.29, 1.82) is 0 Å². The van der Waals surface area contributed by atoms with E-state index in [2.05, 4.69) is 9.97 Å². The molecule has 0 unspecified atom stereocenters. The highest BCUT2D eigenvalue weighted by Crippen LogP contribution is 2.05. The lowest BCUT2D eigenvalue weighted by Gasteiger charge is -1.96. The summed E-state index contributed by atoms with van der Waals surface area (Å²) in [5, 5.41) is 8.78. The third-order valence-corrected chi connectivity index (χ3v) is 1.74. The molecule has 0 fully saturated rings. The van der Waals surface area contributed by atoms with Gasteiger partial charge in [-0.1, -0.05) is 0 Å². The molecule has 5 nitrogen and oxygen atoms in total. The number of aromatic carboxylic acids is 1. The molecule has 0 aliphatic carbocycles. The highest BCUT2D eigenvalue weighted by atomic mass is 16.4. The predicted molar refractivity (Wildman–Crippen MR) is 44.7 cm³/mol. The summed E-state index contributed by atoms with van der Waals surface area (Å²) in [5.74, 6) is -0.988. The Morgan fingerprint density at radius 1 is 1.46 bits per heavy atom. The molecule has 0 bridgehead atoms. The summed E-state index contributed by atoms with van der Waals surface area (Å²) in [6.07, 6.45) is 4.51. The van der Waals surface area contributed by atoms with E-state index >= 15 is 0 Å². The highest BCUT2D eigenvalue weighted by molar-refractivity contribution is 5.86. The Kier molecular flexibility index (Phi) is 1.51. The van der Waals surface area contributed by atoms with Crippen LogP contribution < -0.4 is 0 Å². The van der Waals surface area contributed by atoms with Crippen LogP contribution in [0.25, 0.3) is 5.65 Å². The van der Waals surface area contributed by atoms with E-state index in [1.54, 1.807) is 19.3 Å². The molecule has 0 aliphatic heterocycles. The van der Waals surface area contributed by atoms with Gasteiger partial charge < -0.3 is 5.11 Å². The average molecular weight is 177 g/mol. The van der Waals surface area contributed by atoms with Gasteiger partial charge in [0.05, 0.1) is 18.1 Å². The third-order valence-electron chi connectivity index (χ3n) is 1.74. The van der Waals surface area contributed by atoms with E-state index < -0.39 is 5.97 Å². The Morgan fingerprint density at radius 3 is 2.92 bits per heavy atom. The van der Waals surface area contributed by atoms with Crippen molar-refractivity contribution in [2.24, 2.45) is 0 Å². The van der Waals surface area contributed by atoms with Gasteiger partial charge in [-0.3, -0.25) is 9.38 Å². The SMILES string of the molecule is Cc1cn2c(C(=O)O)cnc2cn1. The van der Waals surface area contributed by atoms with Crippen molar-refractivity contribution in [2.45, 2.75) is 6.92 Å². The Bertz CT molecular complexity index is 475. The molecule has 0 saturated heterocycles. The van der Waals surface area contributed by atoms with Crippen LogP contribution in [-0.4, -0.2) is 25.4 Å². The van der Waals surface area contributed by atoms with Crippen molar-refractivity contribution in [3.8, 4) is 0 Å². The number of hydrogen-bond acceptors (Lipinski definition) is 3. The zero-order chi connectivity index (χ0) is 9.42. The number of fused-ring (bicyclic) bond motifs is 1. The molecule has 66 valence electrons. The van der Waals surface area contributed by atoms with Crippen molar-refractivity contribution in [1.82, 2.24) is 14.4 Å². The molecule has 5 heteroatoms. The van der Waals surface area contributed by atoms with Crippen molar-refractivity contribution < 1.29 is 9.90 Å². The monoisotopic (exact) mass is 177 g/mol. The molecule has 0 aliphatic rings. The summed E-state index contributed by atoms with van der Waals surface area (Å²) < 4.78 is 1.50. The predicted octanol–water partition coefficient (Wildman–Crippen LogP) is 0.736. The number of carbonyl (C=O) groups is 1. The molecule has 2 rings (SSSR count). The van der Waals surface area contributed by atoms with Crippen molar-refractivity contribution in [3.05, 3.63) is 30.0 Å². The summed E-state index contributed by atoms with van der Waals surface area (Å²) in [6, 6.07) is 0. The normalized spacial score (nSPS) is 10.5. The molecule has 0 aromatic carbocycles. The topological polar surface area (TPSA) is 67.5 Å². The second kappa shape index (κ2) is 2.55. The van der Waals surface area contributed by atoms with E-state index in [4.69, 9.17) is 5.11 Å². The van der Waals surface area contributed by atoms with E-state index in [0.29, 0.717) is 5.65 Å². The number of aryl methyl sites for hydroxylation is 1. The molecule has 0 saturated carbocycles. The number of aromatic nitrogens is 3. The minimum atomic E-state index is -0.988. The van der Waals surface area contributed by atoms with Gasteiger partial charge in [0.1, 0.15) is 0 Å². The number of imidazole rings is 1. The van der Waals surface area contributed by atoms with Crippen LogP contribution in [0, 0.1) is 6.92 Å². The third kappa shape index (κ3) is 1.14. The summed E-state index contributed by atoms with van der Waals surface area (Å²) in [4.78, 5) is 18.6. The van der Waals surface area contributed by atoms with Crippen LogP contribution in [0.15, 0.2) is 18.6 Å². The average Bonchev–Trinajstić information content (AvgIpc) is 2.46. The fourth-order valence-electron chi connectivity index (χ4n) is 1.14. The van der Waals surface area contributed by atoms with Crippen molar-refractivity contribution in [3.63, 3.8) is 0 Å². The molecular formula is C8H7N3O2. The lowest BCUT2D eigenvalue weighted by atomic mass is 10.4. The maximum absolute atomic E-state index is 10.7. The van der Waals surface area contributed by atoms with Gasteiger partial charge in [0.2, 0.25) is 0 Å². The lowest BCUT2D eigenvalue weighted by Crippen LogP contribution is -2.02. The van der Waals surface area contributed by atoms with Crippen molar-refractivity contribution in [2.75, 3.05) is 0 Å². The first-order valence-corrected chi connectivity index (χ1v) is 3.71. The molecular weight excluding hydrogens is 170 g/mol. The Hall–Kier alpha value is -1.91. The van der Waals surface area contributed by atoms with Gasteiger partial charge in [0.15, 0.2) is 11.3 Å². The zero-order valence-corrected chi connectivity index (χ0v) is 6.93.